The number of nitrogens with zero attached hydrogens (tertiary/aromatic N) is 6. The molecule has 1 atom stereocenters. The van der Waals surface area contributed by atoms with E-state index in [0.29, 0.717) is 32.1 Å². The Morgan fingerprint density at radius 1 is 1.25 bits per heavy atom. The molecule has 0 bridgehead atoms. The van der Waals surface area contributed by atoms with Crippen LogP contribution in [0.3, 0.4) is 0 Å². The lowest BCUT2D eigenvalue weighted by Crippen LogP contribution is -2.45. The second-order valence-electron chi connectivity index (χ2n) is 6.45. The van der Waals surface area contributed by atoms with Crippen LogP contribution in [-0.2, 0) is 14.3 Å². The molecule has 1 amide bonds. The maximum Gasteiger partial charge on any atom is 0.225 e. The largest absolute Gasteiger partial charge is 0.356 e. The molecule has 2 aromatic rings. The Balaban J connectivity index is 1.59. The third kappa shape index (κ3) is 5.23. The number of carbonyl (C=O) groups excluding carboxylic acids is 1. The van der Waals surface area contributed by atoms with Gasteiger partial charge in [-0.05, 0) is 26.7 Å². The molecule has 3 rings (SSSR count). The van der Waals surface area contributed by atoms with Crippen molar-refractivity contribution in [3.8, 4) is 5.82 Å². The Labute approximate surface area is 164 Å². The highest BCUT2D eigenvalue weighted by Crippen LogP contribution is 2.22. The molecule has 2 aromatic heterocycles. The highest BCUT2D eigenvalue weighted by atomic mass is 16.7. The Morgan fingerprint density at radius 3 is 2.75 bits per heavy atom. The van der Waals surface area contributed by atoms with Gasteiger partial charge in [0, 0.05) is 32.4 Å². The van der Waals surface area contributed by atoms with E-state index < -0.39 is 6.29 Å². The predicted octanol–water partition coefficient (Wildman–Crippen LogP) is 0.789. The van der Waals surface area contributed by atoms with Gasteiger partial charge in [0.1, 0.15) is 24.8 Å². The van der Waals surface area contributed by atoms with Crippen molar-refractivity contribution in [2.24, 2.45) is 5.92 Å². The minimum absolute atomic E-state index is 0.0136. The van der Waals surface area contributed by atoms with E-state index in [1.165, 1.54) is 12.7 Å². The van der Waals surface area contributed by atoms with Gasteiger partial charge in [-0.25, -0.2) is 19.6 Å². The van der Waals surface area contributed by atoms with E-state index in [-0.39, 0.29) is 11.8 Å². The standard InChI is InChI=1S/C18H27N7O3/c1-3-27-17(28-4-2)9-20-18(26)14-6-5-7-24(10-14)15-8-16(22-12-21-15)25-13-19-11-23-25/h8,11-14,17H,3-7,9-10H2,1-2H3,(H,20,26). The maximum atomic E-state index is 12.6. The molecule has 1 aliphatic rings. The van der Waals surface area contributed by atoms with Crippen molar-refractivity contribution in [2.75, 3.05) is 37.7 Å². The molecule has 152 valence electrons. The van der Waals surface area contributed by atoms with Crippen LogP contribution in [0.1, 0.15) is 26.7 Å². The van der Waals surface area contributed by atoms with Crippen LogP contribution in [0.5, 0.6) is 0 Å². The SMILES string of the molecule is CCOC(CNC(=O)C1CCCN(c2cc(-n3cncn3)ncn2)C1)OCC. The molecule has 0 radical (unpaired) electrons. The van der Waals surface area contributed by atoms with Gasteiger partial charge < -0.3 is 19.7 Å². The summed E-state index contributed by atoms with van der Waals surface area (Å²) in [6.45, 7) is 6.69. The van der Waals surface area contributed by atoms with Gasteiger partial charge >= 0.3 is 0 Å². The quantitative estimate of drug-likeness (QED) is 0.627. The second-order valence-corrected chi connectivity index (χ2v) is 6.45. The van der Waals surface area contributed by atoms with Gasteiger partial charge in [0.05, 0.1) is 12.5 Å². The Hall–Kier alpha value is -2.59. The third-order valence-corrected chi connectivity index (χ3v) is 4.56. The fourth-order valence-corrected chi connectivity index (χ4v) is 3.23. The summed E-state index contributed by atoms with van der Waals surface area (Å²) in [5.74, 6) is 1.33. The maximum absolute atomic E-state index is 12.6. The number of aromatic nitrogens is 5. The summed E-state index contributed by atoms with van der Waals surface area (Å²) in [5, 5.41) is 7.05. The first-order chi connectivity index (χ1) is 13.7. The van der Waals surface area contributed by atoms with Gasteiger partial charge in [0.2, 0.25) is 5.91 Å². The van der Waals surface area contributed by atoms with Gasteiger partial charge in [-0.1, -0.05) is 0 Å². The first kappa shape index (κ1) is 20.2. The zero-order valence-electron chi connectivity index (χ0n) is 16.3. The van der Waals surface area contributed by atoms with E-state index in [0.717, 1.165) is 25.2 Å². The summed E-state index contributed by atoms with van der Waals surface area (Å²) in [6, 6.07) is 1.86. The number of piperidine rings is 1. The fourth-order valence-electron chi connectivity index (χ4n) is 3.23. The molecular weight excluding hydrogens is 362 g/mol. The number of nitrogens with one attached hydrogen (secondary N) is 1. The normalized spacial score (nSPS) is 17.1. The average molecular weight is 389 g/mol. The molecule has 1 N–H and O–H groups in total. The number of hydrogen-bond acceptors (Lipinski definition) is 8. The minimum Gasteiger partial charge on any atom is -0.356 e. The molecule has 1 unspecified atom stereocenters. The van der Waals surface area contributed by atoms with Crippen LogP contribution in [0.25, 0.3) is 5.82 Å². The van der Waals surface area contributed by atoms with E-state index in [9.17, 15) is 4.79 Å². The molecule has 0 spiro atoms. The van der Waals surface area contributed by atoms with E-state index >= 15 is 0 Å². The molecule has 28 heavy (non-hydrogen) atoms. The molecule has 0 aromatic carbocycles. The van der Waals surface area contributed by atoms with Crippen molar-refractivity contribution in [1.29, 1.82) is 0 Å². The van der Waals surface area contributed by atoms with Crippen molar-refractivity contribution in [3.05, 3.63) is 25.0 Å². The monoisotopic (exact) mass is 389 g/mol. The third-order valence-electron chi connectivity index (χ3n) is 4.56. The lowest BCUT2D eigenvalue weighted by atomic mass is 9.97. The number of amides is 1. The van der Waals surface area contributed by atoms with E-state index in [1.54, 1.807) is 11.0 Å². The summed E-state index contributed by atoms with van der Waals surface area (Å²) in [5.41, 5.74) is 0. The average Bonchev–Trinajstić information content (AvgIpc) is 3.27. The van der Waals surface area contributed by atoms with Crippen LogP contribution in [0.2, 0.25) is 0 Å². The summed E-state index contributed by atoms with van der Waals surface area (Å²) in [7, 11) is 0. The first-order valence-electron chi connectivity index (χ1n) is 9.64. The smallest absolute Gasteiger partial charge is 0.225 e. The highest BCUT2D eigenvalue weighted by Gasteiger charge is 2.27. The predicted molar refractivity (Wildman–Crippen MR) is 102 cm³/mol. The molecule has 0 saturated carbocycles. The lowest BCUT2D eigenvalue weighted by Gasteiger charge is -2.33. The molecule has 3 heterocycles. The first-order valence-corrected chi connectivity index (χ1v) is 9.64. The van der Waals surface area contributed by atoms with Crippen molar-refractivity contribution in [2.45, 2.75) is 33.0 Å². The molecule has 1 saturated heterocycles. The van der Waals surface area contributed by atoms with Crippen LogP contribution in [0.4, 0.5) is 5.82 Å². The van der Waals surface area contributed by atoms with Gasteiger partial charge in [0.25, 0.3) is 0 Å². The highest BCUT2D eigenvalue weighted by molar-refractivity contribution is 5.79. The van der Waals surface area contributed by atoms with Crippen molar-refractivity contribution in [1.82, 2.24) is 30.0 Å². The Bertz CT molecular complexity index is 735. The molecular formula is C18H27N7O3. The molecule has 1 fully saturated rings. The number of ether oxygens (including phenoxy) is 2. The molecule has 0 aliphatic carbocycles. The summed E-state index contributed by atoms with van der Waals surface area (Å²) >= 11 is 0. The van der Waals surface area contributed by atoms with E-state index in [1.807, 2.05) is 19.9 Å². The fraction of sp³-hybridized carbons (Fsp3) is 0.611. The van der Waals surface area contributed by atoms with Crippen LogP contribution in [-0.4, -0.2) is 69.8 Å². The van der Waals surface area contributed by atoms with Crippen LogP contribution in [0.15, 0.2) is 25.0 Å². The van der Waals surface area contributed by atoms with E-state index in [4.69, 9.17) is 9.47 Å². The summed E-state index contributed by atoms with van der Waals surface area (Å²) in [6.07, 6.45) is 5.90. The molecule has 10 nitrogen and oxygen atoms in total. The Morgan fingerprint density at radius 2 is 2.04 bits per heavy atom. The van der Waals surface area contributed by atoms with Crippen molar-refractivity contribution < 1.29 is 14.3 Å². The number of hydrogen-bond donors (Lipinski definition) is 1. The summed E-state index contributed by atoms with van der Waals surface area (Å²) in [4.78, 5) is 27.3. The zero-order chi connectivity index (χ0) is 19.8. The summed E-state index contributed by atoms with van der Waals surface area (Å²) < 4.78 is 12.5. The number of anilines is 1. The zero-order valence-corrected chi connectivity index (χ0v) is 16.3. The molecule has 10 heteroatoms. The second kappa shape index (κ2) is 10.1. The van der Waals surface area contributed by atoms with Crippen molar-refractivity contribution >= 4 is 11.7 Å². The van der Waals surface area contributed by atoms with Gasteiger partial charge in [-0.15, -0.1) is 0 Å². The van der Waals surface area contributed by atoms with Gasteiger partial charge in [-0.3, -0.25) is 4.79 Å². The van der Waals surface area contributed by atoms with Crippen LogP contribution in [0, 0.1) is 5.92 Å². The van der Waals surface area contributed by atoms with Crippen molar-refractivity contribution in [3.63, 3.8) is 0 Å². The van der Waals surface area contributed by atoms with Gasteiger partial charge in [-0.2, -0.15) is 5.10 Å². The lowest BCUT2D eigenvalue weighted by molar-refractivity contribution is -0.142. The number of rotatable bonds is 9. The van der Waals surface area contributed by atoms with Crippen LogP contribution >= 0.6 is 0 Å². The molecule has 1 aliphatic heterocycles. The number of carbonyl (C=O) groups is 1. The van der Waals surface area contributed by atoms with Gasteiger partial charge in [0.15, 0.2) is 12.1 Å². The Kier molecular flexibility index (Phi) is 7.26. The topological polar surface area (TPSA) is 107 Å². The van der Waals surface area contributed by atoms with E-state index in [2.05, 4.69) is 30.3 Å². The minimum atomic E-state index is -0.411. The van der Waals surface area contributed by atoms with Crippen LogP contribution < -0.4 is 10.2 Å².